The predicted octanol–water partition coefficient (Wildman–Crippen LogP) is 4.26. The Kier molecular flexibility index (Phi) is 5.13. The highest BCUT2D eigenvalue weighted by atomic mass is 35.5. The highest BCUT2D eigenvalue weighted by Crippen LogP contribution is 2.22. The van der Waals surface area contributed by atoms with Gasteiger partial charge in [0.2, 0.25) is 0 Å². The number of hydrogen-bond acceptors (Lipinski definition) is 0. The van der Waals surface area contributed by atoms with Gasteiger partial charge in [-0.05, 0) is 23.7 Å². The van der Waals surface area contributed by atoms with E-state index in [1.165, 1.54) is 5.19 Å². The van der Waals surface area contributed by atoms with Crippen molar-refractivity contribution in [1.29, 1.82) is 0 Å². The zero-order valence-electron chi connectivity index (χ0n) is 9.67. The summed E-state index contributed by atoms with van der Waals surface area (Å²) < 4.78 is 0. The molecule has 0 nitrogen and oxygen atoms in total. The number of benzene rings is 2. The number of hydrogen-bond donors (Lipinski definition) is 0. The largest absolute Gasteiger partial charge is 0.130 e. The van der Waals surface area contributed by atoms with Gasteiger partial charge in [0.05, 0.1) is 0 Å². The average Bonchev–Trinajstić information content (AvgIpc) is 2.39. The third kappa shape index (κ3) is 3.52. The average molecular weight is 315 g/mol. The standard InChI is InChI=1S/C14H12Cl3Si/c15-10-18(13-4-2-1-3-5-13)9-11-6-7-12(16)8-14(11)17/h1-8H,9-10H2. The molecule has 0 spiro atoms. The molecule has 0 aliphatic rings. The monoisotopic (exact) mass is 313 g/mol. The Morgan fingerprint density at radius 1 is 0.944 bits per heavy atom. The second kappa shape index (κ2) is 6.62. The van der Waals surface area contributed by atoms with Crippen molar-refractivity contribution in [2.45, 2.75) is 6.04 Å². The van der Waals surface area contributed by atoms with Crippen molar-refractivity contribution >= 4 is 48.8 Å². The van der Waals surface area contributed by atoms with Crippen molar-refractivity contribution in [3.05, 3.63) is 64.1 Å². The van der Waals surface area contributed by atoms with Gasteiger partial charge in [0, 0.05) is 15.5 Å². The minimum absolute atomic E-state index is 0.670. The third-order valence-corrected chi connectivity index (χ3v) is 6.60. The van der Waals surface area contributed by atoms with Crippen LogP contribution in [0.1, 0.15) is 5.56 Å². The molecule has 2 aromatic carbocycles. The van der Waals surface area contributed by atoms with Crippen LogP contribution in [0.25, 0.3) is 0 Å². The van der Waals surface area contributed by atoms with E-state index >= 15 is 0 Å². The predicted molar refractivity (Wildman–Crippen MR) is 82.7 cm³/mol. The molecule has 0 aliphatic heterocycles. The zero-order valence-corrected chi connectivity index (χ0v) is 12.9. The summed E-state index contributed by atoms with van der Waals surface area (Å²) in [5, 5.41) is 2.73. The van der Waals surface area contributed by atoms with Crippen molar-refractivity contribution in [2.24, 2.45) is 0 Å². The van der Waals surface area contributed by atoms with Gasteiger partial charge in [-0.25, -0.2) is 0 Å². The summed E-state index contributed by atoms with van der Waals surface area (Å²) in [6.07, 6.45) is 0. The van der Waals surface area contributed by atoms with Gasteiger partial charge in [0.1, 0.15) is 8.80 Å². The second-order valence-corrected chi connectivity index (χ2v) is 8.07. The quantitative estimate of drug-likeness (QED) is 0.584. The van der Waals surface area contributed by atoms with Gasteiger partial charge in [-0.1, -0.05) is 64.8 Å². The lowest BCUT2D eigenvalue weighted by Crippen LogP contribution is -2.35. The van der Waals surface area contributed by atoms with E-state index in [4.69, 9.17) is 34.8 Å². The van der Waals surface area contributed by atoms with Gasteiger partial charge in [0.15, 0.2) is 0 Å². The zero-order chi connectivity index (χ0) is 13.0. The topological polar surface area (TPSA) is 0 Å². The minimum Gasteiger partial charge on any atom is -0.130 e. The van der Waals surface area contributed by atoms with Crippen LogP contribution >= 0.6 is 34.8 Å². The molecule has 2 rings (SSSR count). The molecule has 93 valence electrons. The van der Waals surface area contributed by atoms with E-state index in [0.717, 1.165) is 16.6 Å². The van der Waals surface area contributed by atoms with Crippen LogP contribution in [-0.2, 0) is 6.04 Å². The Labute approximate surface area is 124 Å². The third-order valence-electron chi connectivity index (χ3n) is 2.76. The maximum atomic E-state index is 6.21. The van der Waals surface area contributed by atoms with Gasteiger partial charge < -0.3 is 0 Å². The Balaban J connectivity index is 2.21. The molecule has 18 heavy (non-hydrogen) atoms. The van der Waals surface area contributed by atoms with E-state index in [2.05, 4.69) is 24.3 Å². The van der Waals surface area contributed by atoms with Gasteiger partial charge in [0.25, 0.3) is 0 Å². The van der Waals surface area contributed by atoms with Crippen LogP contribution in [0.5, 0.6) is 0 Å². The maximum absolute atomic E-state index is 6.21. The molecule has 0 fully saturated rings. The molecular formula is C14H12Cl3Si. The Hall–Kier alpha value is -0.473. The fraction of sp³-hybridized carbons (Fsp3) is 0.143. The molecule has 1 radical (unpaired) electrons. The fourth-order valence-corrected chi connectivity index (χ4v) is 5.01. The van der Waals surface area contributed by atoms with E-state index in [1.54, 1.807) is 6.07 Å². The van der Waals surface area contributed by atoms with E-state index in [1.807, 2.05) is 18.2 Å². The lowest BCUT2D eigenvalue weighted by atomic mass is 10.2. The lowest BCUT2D eigenvalue weighted by Gasteiger charge is -2.13. The Morgan fingerprint density at radius 2 is 1.67 bits per heavy atom. The first-order chi connectivity index (χ1) is 8.70. The summed E-state index contributed by atoms with van der Waals surface area (Å²) in [5.74, 6) is 0. The second-order valence-electron chi connectivity index (χ2n) is 4.02. The Bertz CT molecular complexity index is 514. The molecule has 0 heterocycles. The van der Waals surface area contributed by atoms with Crippen LogP contribution in [0.4, 0.5) is 0 Å². The van der Waals surface area contributed by atoms with Crippen LogP contribution in [0.3, 0.4) is 0 Å². The summed E-state index contributed by atoms with van der Waals surface area (Å²) in [5.41, 5.74) is 1.80. The molecule has 0 aliphatic carbocycles. The molecule has 0 saturated heterocycles. The van der Waals surface area contributed by atoms with Crippen LogP contribution in [0.2, 0.25) is 10.0 Å². The van der Waals surface area contributed by atoms with Crippen molar-refractivity contribution in [3.63, 3.8) is 0 Å². The SMILES string of the molecule is ClC[Si](Cc1ccc(Cl)cc1Cl)c1ccccc1. The molecular weight excluding hydrogens is 303 g/mol. The highest BCUT2D eigenvalue weighted by Gasteiger charge is 2.15. The normalized spacial score (nSPS) is 10.9. The first-order valence-electron chi connectivity index (χ1n) is 5.60. The maximum Gasteiger partial charge on any atom is 0.107 e. The van der Waals surface area contributed by atoms with E-state index in [9.17, 15) is 0 Å². The van der Waals surface area contributed by atoms with Gasteiger partial charge >= 0.3 is 0 Å². The van der Waals surface area contributed by atoms with Gasteiger partial charge in [-0.3, -0.25) is 0 Å². The first kappa shape index (κ1) is 13.9. The lowest BCUT2D eigenvalue weighted by molar-refractivity contribution is 1.36. The van der Waals surface area contributed by atoms with E-state index in [-0.39, 0.29) is 0 Å². The molecule has 0 aromatic heterocycles. The minimum atomic E-state index is -0.811. The van der Waals surface area contributed by atoms with Crippen LogP contribution in [0.15, 0.2) is 48.5 Å². The molecule has 0 unspecified atom stereocenters. The smallest absolute Gasteiger partial charge is 0.107 e. The van der Waals surface area contributed by atoms with Crippen LogP contribution < -0.4 is 5.19 Å². The highest BCUT2D eigenvalue weighted by molar-refractivity contribution is 6.78. The fourth-order valence-electron chi connectivity index (χ4n) is 1.80. The molecule has 0 bridgehead atoms. The van der Waals surface area contributed by atoms with Crippen molar-refractivity contribution < 1.29 is 0 Å². The first-order valence-corrected chi connectivity index (χ1v) is 8.81. The summed E-state index contributed by atoms with van der Waals surface area (Å²) in [6, 6.07) is 17.0. The van der Waals surface area contributed by atoms with E-state index < -0.39 is 8.80 Å². The number of halogens is 3. The van der Waals surface area contributed by atoms with E-state index in [0.29, 0.717) is 10.5 Å². The molecule has 0 N–H and O–H groups in total. The molecule has 0 saturated carbocycles. The summed E-state index contributed by atoms with van der Waals surface area (Å²) in [7, 11) is -0.811. The number of rotatable bonds is 4. The van der Waals surface area contributed by atoms with Gasteiger partial charge in [-0.2, -0.15) is 0 Å². The van der Waals surface area contributed by atoms with Crippen molar-refractivity contribution in [3.8, 4) is 0 Å². The molecule has 2 aromatic rings. The Morgan fingerprint density at radius 3 is 2.28 bits per heavy atom. The van der Waals surface area contributed by atoms with Crippen molar-refractivity contribution in [1.82, 2.24) is 0 Å². The number of alkyl halides is 1. The molecule has 0 amide bonds. The summed E-state index contributed by atoms with van der Waals surface area (Å²) in [6.45, 7) is 0. The molecule has 0 atom stereocenters. The van der Waals surface area contributed by atoms with Crippen LogP contribution in [0, 0.1) is 0 Å². The van der Waals surface area contributed by atoms with Crippen LogP contribution in [-0.4, -0.2) is 14.3 Å². The van der Waals surface area contributed by atoms with Crippen molar-refractivity contribution in [2.75, 3.05) is 5.50 Å². The van der Waals surface area contributed by atoms with Gasteiger partial charge in [-0.15, -0.1) is 11.6 Å². The molecule has 4 heteroatoms. The summed E-state index contributed by atoms with van der Waals surface area (Å²) in [4.78, 5) is 0. The summed E-state index contributed by atoms with van der Waals surface area (Å²) >= 11 is 18.2.